The number of aryl methyl sites for hydroxylation is 1. The Bertz CT molecular complexity index is 284. The molecule has 0 radical (unpaired) electrons. The van der Waals surface area contributed by atoms with Crippen molar-refractivity contribution in [3.63, 3.8) is 0 Å². The topological polar surface area (TPSA) is 29.9 Å². The van der Waals surface area contributed by atoms with Crippen molar-refractivity contribution < 1.29 is 0 Å². The summed E-state index contributed by atoms with van der Waals surface area (Å²) in [7, 11) is 1.97. The molecule has 1 aliphatic rings. The van der Waals surface area contributed by atoms with E-state index in [1.54, 1.807) is 0 Å². The van der Waals surface area contributed by atoms with Crippen LogP contribution in [0, 0.1) is 0 Å². The highest BCUT2D eigenvalue weighted by Gasteiger charge is 2.35. The number of rotatable bonds is 2. The van der Waals surface area contributed by atoms with E-state index in [1.807, 2.05) is 17.9 Å². The van der Waals surface area contributed by atoms with Gasteiger partial charge >= 0.3 is 0 Å². The second kappa shape index (κ2) is 3.14. The molecule has 3 heteroatoms. The molecule has 1 fully saturated rings. The van der Waals surface area contributed by atoms with Crippen molar-refractivity contribution in [2.45, 2.75) is 31.7 Å². The molecule has 1 aliphatic heterocycles. The first-order valence-corrected chi connectivity index (χ1v) is 5.02. The van der Waals surface area contributed by atoms with Crippen molar-refractivity contribution in [1.29, 1.82) is 0 Å². The Kier molecular flexibility index (Phi) is 2.12. The van der Waals surface area contributed by atoms with Crippen molar-refractivity contribution >= 4 is 0 Å². The van der Waals surface area contributed by atoms with Gasteiger partial charge in [0.25, 0.3) is 0 Å². The van der Waals surface area contributed by atoms with Gasteiger partial charge in [0.15, 0.2) is 0 Å². The van der Waals surface area contributed by atoms with Crippen LogP contribution in [0.1, 0.15) is 31.9 Å². The second-order valence-corrected chi connectivity index (χ2v) is 3.84. The molecule has 2 heterocycles. The Balaban J connectivity index is 2.30. The zero-order valence-corrected chi connectivity index (χ0v) is 8.38. The van der Waals surface area contributed by atoms with Gasteiger partial charge in [0.2, 0.25) is 0 Å². The summed E-state index contributed by atoms with van der Waals surface area (Å²) in [4.78, 5) is 0. The highest BCUT2D eigenvalue weighted by atomic mass is 15.3. The summed E-state index contributed by atoms with van der Waals surface area (Å²) in [6.45, 7) is 3.36. The first-order chi connectivity index (χ1) is 6.27. The van der Waals surface area contributed by atoms with Crippen molar-refractivity contribution in [3.8, 4) is 0 Å². The minimum atomic E-state index is 0.168. The van der Waals surface area contributed by atoms with Gasteiger partial charge in [-0.05, 0) is 31.9 Å². The van der Waals surface area contributed by atoms with Crippen LogP contribution in [0.2, 0.25) is 0 Å². The van der Waals surface area contributed by atoms with Gasteiger partial charge in [-0.2, -0.15) is 5.10 Å². The minimum absolute atomic E-state index is 0.168. The Hall–Kier alpha value is -0.830. The largest absolute Gasteiger partial charge is 0.306 e. The lowest BCUT2D eigenvalue weighted by Crippen LogP contribution is -2.36. The van der Waals surface area contributed by atoms with E-state index in [2.05, 4.69) is 23.4 Å². The van der Waals surface area contributed by atoms with Gasteiger partial charge in [-0.25, -0.2) is 0 Å². The highest BCUT2D eigenvalue weighted by Crippen LogP contribution is 2.32. The molecule has 0 spiro atoms. The predicted octanol–water partition coefficient (Wildman–Crippen LogP) is 1.41. The number of nitrogens with zero attached hydrogens (tertiary/aromatic N) is 2. The zero-order valence-electron chi connectivity index (χ0n) is 8.38. The maximum Gasteiger partial charge on any atom is 0.0825 e. The van der Waals surface area contributed by atoms with Crippen LogP contribution >= 0.6 is 0 Å². The summed E-state index contributed by atoms with van der Waals surface area (Å²) in [5.74, 6) is 0. The van der Waals surface area contributed by atoms with Crippen LogP contribution in [0.3, 0.4) is 0 Å². The van der Waals surface area contributed by atoms with E-state index in [1.165, 1.54) is 18.5 Å². The molecule has 1 N–H and O–H groups in total. The number of hydrogen-bond acceptors (Lipinski definition) is 2. The SMILES string of the molecule is CCC1(c2ccn(C)n2)CCCN1. The average Bonchev–Trinajstić information content (AvgIpc) is 2.73. The Morgan fingerprint density at radius 2 is 2.54 bits per heavy atom. The smallest absolute Gasteiger partial charge is 0.0825 e. The predicted molar refractivity (Wildman–Crippen MR) is 52.4 cm³/mol. The van der Waals surface area contributed by atoms with Crippen molar-refractivity contribution in [1.82, 2.24) is 15.1 Å². The first kappa shape index (κ1) is 8.75. The molecular weight excluding hydrogens is 162 g/mol. The molecule has 1 aromatic rings. The third-order valence-corrected chi connectivity index (χ3v) is 3.05. The summed E-state index contributed by atoms with van der Waals surface area (Å²) in [5, 5.41) is 8.06. The van der Waals surface area contributed by atoms with E-state index in [4.69, 9.17) is 0 Å². The lowest BCUT2D eigenvalue weighted by atomic mass is 9.91. The monoisotopic (exact) mass is 179 g/mol. The zero-order chi connectivity index (χ0) is 9.31. The van der Waals surface area contributed by atoms with Gasteiger partial charge in [0, 0.05) is 13.2 Å². The van der Waals surface area contributed by atoms with Crippen molar-refractivity contribution in [3.05, 3.63) is 18.0 Å². The molecule has 0 bridgehead atoms. The molecule has 13 heavy (non-hydrogen) atoms. The maximum atomic E-state index is 4.49. The summed E-state index contributed by atoms with van der Waals surface area (Å²) >= 11 is 0. The molecule has 1 aromatic heterocycles. The molecule has 0 aromatic carbocycles. The molecule has 2 rings (SSSR count). The third kappa shape index (κ3) is 1.37. The second-order valence-electron chi connectivity index (χ2n) is 3.84. The summed E-state index contributed by atoms with van der Waals surface area (Å²) < 4.78 is 1.88. The molecule has 1 saturated heterocycles. The quantitative estimate of drug-likeness (QED) is 0.744. The summed E-state index contributed by atoms with van der Waals surface area (Å²) in [6.07, 6.45) is 5.64. The van der Waals surface area contributed by atoms with Crippen LogP contribution in [0.5, 0.6) is 0 Å². The standard InChI is InChI=1S/C10H17N3/c1-3-10(6-4-7-11-10)9-5-8-13(2)12-9/h5,8,11H,3-4,6-7H2,1-2H3. The Morgan fingerprint density at radius 1 is 1.69 bits per heavy atom. The normalized spacial score (nSPS) is 28.2. The number of nitrogens with one attached hydrogen (secondary N) is 1. The van der Waals surface area contributed by atoms with E-state index >= 15 is 0 Å². The average molecular weight is 179 g/mol. The molecule has 0 amide bonds. The fourth-order valence-corrected chi connectivity index (χ4v) is 2.18. The van der Waals surface area contributed by atoms with E-state index in [0.717, 1.165) is 13.0 Å². The summed E-state index contributed by atoms with van der Waals surface area (Å²) in [6, 6.07) is 2.13. The van der Waals surface area contributed by atoms with E-state index < -0.39 is 0 Å². The minimum Gasteiger partial charge on any atom is -0.306 e. The van der Waals surface area contributed by atoms with Gasteiger partial charge < -0.3 is 5.32 Å². The van der Waals surface area contributed by atoms with Gasteiger partial charge in [0.05, 0.1) is 11.2 Å². The van der Waals surface area contributed by atoms with Gasteiger partial charge in [-0.1, -0.05) is 6.92 Å². The maximum absolute atomic E-state index is 4.49. The Morgan fingerprint density at radius 3 is 3.00 bits per heavy atom. The number of hydrogen-bond donors (Lipinski definition) is 1. The Labute approximate surface area is 79.1 Å². The first-order valence-electron chi connectivity index (χ1n) is 5.02. The lowest BCUT2D eigenvalue weighted by molar-refractivity contribution is 0.361. The van der Waals surface area contributed by atoms with Crippen LogP contribution in [0.25, 0.3) is 0 Å². The van der Waals surface area contributed by atoms with Crippen LogP contribution in [0.15, 0.2) is 12.3 Å². The van der Waals surface area contributed by atoms with Crippen LogP contribution in [-0.2, 0) is 12.6 Å². The molecule has 0 aliphatic carbocycles. The molecule has 1 atom stereocenters. The fourth-order valence-electron chi connectivity index (χ4n) is 2.18. The van der Waals surface area contributed by atoms with E-state index in [0.29, 0.717) is 0 Å². The fraction of sp³-hybridized carbons (Fsp3) is 0.700. The van der Waals surface area contributed by atoms with E-state index in [9.17, 15) is 0 Å². The third-order valence-electron chi connectivity index (χ3n) is 3.05. The van der Waals surface area contributed by atoms with Gasteiger partial charge in [-0.3, -0.25) is 4.68 Å². The van der Waals surface area contributed by atoms with Crippen molar-refractivity contribution in [2.75, 3.05) is 6.54 Å². The molecule has 1 unspecified atom stereocenters. The number of aromatic nitrogens is 2. The van der Waals surface area contributed by atoms with Crippen LogP contribution < -0.4 is 5.32 Å². The molecule has 72 valence electrons. The lowest BCUT2D eigenvalue weighted by Gasteiger charge is -2.25. The van der Waals surface area contributed by atoms with Crippen LogP contribution in [-0.4, -0.2) is 16.3 Å². The van der Waals surface area contributed by atoms with Crippen LogP contribution in [0.4, 0.5) is 0 Å². The van der Waals surface area contributed by atoms with E-state index in [-0.39, 0.29) is 5.54 Å². The summed E-state index contributed by atoms with van der Waals surface area (Å²) in [5.41, 5.74) is 1.37. The van der Waals surface area contributed by atoms with Gasteiger partial charge in [-0.15, -0.1) is 0 Å². The molecule has 0 saturated carbocycles. The van der Waals surface area contributed by atoms with Crippen molar-refractivity contribution in [2.24, 2.45) is 7.05 Å². The molecule has 3 nitrogen and oxygen atoms in total. The highest BCUT2D eigenvalue weighted by molar-refractivity contribution is 5.15. The molecular formula is C10H17N3. The van der Waals surface area contributed by atoms with Gasteiger partial charge in [0.1, 0.15) is 0 Å².